The largest absolute Gasteiger partial charge is 0.396 e. The number of hydrogen-bond acceptors (Lipinski definition) is 4. The zero-order valence-electron chi connectivity index (χ0n) is 10.5. The van der Waals surface area contributed by atoms with Crippen LogP contribution in [0.25, 0.3) is 0 Å². The maximum atomic E-state index is 11.9. The number of amides is 1. The van der Waals surface area contributed by atoms with E-state index >= 15 is 0 Å². The fraction of sp³-hybridized carbons (Fsp3) is 0.636. The first-order chi connectivity index (χ1) is 7.93. The van der Waals surface area contributed by atoms with Gasteiger partial charge in [0.2, 0.25) is 0 Å². The number of aliphatic hydroxyl groups is 1. The molecule has 0 saturated heterocycles. The third-order valence-electron chi connectivity index (χ3n) is 3.08. The highest BCUT2D eigenvalue weighted by Crippen LogP contribution is 2.14. The molecular formula is C11H20N4O2. The normalized spacial score (nSPS) is 11.5. The lowest BCUT2D eigenvalue weighted by Gasteiger charge is -2.25. The molecule has 1 rings (SSSR count). The van der Waals surface area contributed by atoms with Crippen LogP contribution in [0.2, 0.25) is 0 Å². The first kappa shape index (κ1) is 13.5. The number of anilines is 1. The topological polar surface area (TPSA) is 93.2 Å². The van der Waals surface area contributed by atoms with Crippen molar-refractivity contribution in [1.82, 2.24) is 15.1 Å². The van der Waals surface area contributed by atoms with E-state index in [2.05, 4.69) is 10.4 Å². The van der Waals surface area contributed by atoms with Crippen LogP contribution in [0, 0.1) is 0 Å². The Balaban J connectivity index is 2.68. The number of carbonyl (C=O) groups excluding carboxylic acids is 1. The van der Waals surface area contributed by atoms with Gasteiger partial charge in [0.25, 0.3) is 5.91 Å². The summed E-state index contributed by atoms with van der Waals surface area (Å²) in [5.74, 6) is -0.317. The zero-order valence-corrected chi connectivity index (χ0v) is 10.5. The second-order valence-corrected chi connectivity index (χ2v) is 4.19. The van der Waals surface area contributed by atoms with Crippen LogP contribution in [-0.2, 0) is 7.05 Å². The Hall–Kier alpha value is -1.56. The van der Waals surface area contributed by atoms with Crippen LogP contribution in [-0.4, -0.2) is 32.9 Å². The van der Waals surface area contributed by atoms with Crippen LogP contribution < -0.4 is 11.1 Å². The van der Waals surface area contributed by atoms with Crippen LogP contribution in [0.3, 0.4) is 0 Å². The van der Waals surface area contributed by atoms with Gasteiger partial charge in [-0.25, -0.2) is 0 Å². The molecule has 0 fully saturated rings. The highest BCUT2D eigenvalue weighted by molar-refractivity contribution is 5.97. The van der Waals surface area contributed by atoms with Crippen molar-refractivity contribution in [1.29, 1.82) is 0 Å². The average Bonchev–Trinajstić information content (AvgIpc) is 2.66. The second-order valence-electron chi connectivity index (χ2n) is 4.19. The SMILES string of the molecule is CCC(O)(CC)CNC(=O)c1c(N)cnn1C. The van der Waals surface area contributed by atoms with E-state index in [1.54, 1.807) is 7.05 Å². The van der Waals surface area contributed by atoms with Crippen molar-refractivity contribution in [3.05, 3.63) is 11.9 Å². The molecule has 0 aliphatic heterocycles. The van der Waals surface area contributed by atoms with Crippen molar-refractivity contribution in [2.24, 2.45) is 7.05 Å². The fourth-order valence-electron chi connectivity index (χ4n) is 1.56. The molecule has 6 heteroatoms. The van der Waals surface area contributed by atoms with Crippen LogP contribution in [0.4, 0.5) is 5.69 Å². The van der Waals surface area contributed by atoms with E-state index in [9.17, 15) is 9.90 Å². The van der Waals surface area contributed by atoms with Crippen LogP contribution in [0.15, 0.2) is 6.20 Å². The lowest BCUT2D eigenvalue weighted by atomic mass is 9.97. The molecule has 0 aliphatic rings. The molecule has 1 aromatic rings. The second kappa shape index (κ2) is 5.18. The van der Waals surface area contributed by atoms with E-state index < -0.39 is 5.60 Å². The molecule has 0 bridgehead atoms. The fourth-order valence-corrected chi connectivity index (χ4v) is 1.56. The van der Waals surface area contributed by atoms with Gasteiger partial charge in [0.1, 0.15) is 5.69 Å². The van der Waals surface area contributed by atoms with E-state index in [0.717, 1.165) is 0 Å². The molecular weight excluding hydrogens is 220 g/mol. The third kappa shape index (κ3) is 2.97. The smallest absolute Gasteiger partial charge is 0.271 e. The molecule has 17 heavy (non-hydrogen) atoms. The Kier molecular flexibility index (Phi) is 4.11. The average molecular weight is 240 g/mol. The molecule has 6 nitrogen and oxygen atoms in total. The number of nitrogens with zero attached hydrogens (tertiary/aromatic N) is 2. The number of rotatable bonds is 5. The van der Waals surface area contributed by atoms with Crippen LogP contribution in [0.5, 0.6) is 0 Å². The standard InChI is InChI=1S/C11H20N4O2/c1-4-11(17,5-2)7-13-10(16)9-8(12)6-14-15(9)3/h6,17H,4-5,7,12H2,1-3H3,(H,13,16). The van der Waals surface area contributed by atoms with E-state index in [0.29, 0.717) is 24.2 Å². The number of nitrogens with two attached hydrogens (primary N) is 1. The summed E-state index contributed by atoms with van der Waals surface area (Å²) < 4.78 is 1.42. The summed E-state index contributed by atoms with van der Waals surface area (Å²) in [5, 5.41) is 16.6. The Morgan fingerprint density at radius 2 is 2.18 bits per heavy atom. The molecule has 0 saturated carbocycles. The van der Waals surface area contributed by atoms with Crippen LogP contribution >= 0.6 is 0 Å². The minimum absolute atomic E-state index is 0.212. The molecule has 1 heterocycles. The summed E-state index contributed by atoms with van der Waals surface area (Å²) in [5.41, 5.74) is 5.44. The number of aryl methyl sites for hydroxylation is 1. The van der Waals surface area contributed by atoms with E-state index in [1.165, 1.54) is 10.9 Å². The number of aromatic nitrogens is 2. The van der Waals surface area contributed by atoms with Crippen molar-refractivity contribution in [2.45, 2.75) is 32.3 Å². The quantitative estimate of drug-likeness (QED) is 0.689. The van der Waals surface area contributed by atoms with E-state index in [4.69, 9.17) is 5.73 Å². The first-order valence-electron chi connectivity index (χ1n) is 5.71. The Morgan fingerprint density at radius 1 is 1.59 bits per heavy atom. The van der Waals surface area contributed by atoms with Crippen molar-refractivity contribution >= 4 is 11.6 Å². The summed E-state index contributed by atoms with van der Waals surface area (Å²) in [6.45, 7) is 3.98. The van der Waals surface area contributed by atoms with Crippen molar-refractivity contribution < 1.29 is 9.90 Å². The highest BCUT2D eigenvalue weighted by Gasteiger charge is 2.24. The Morgan fingerprint density at radius 3 is 2.59 bits per heavy atom. The number of nitrogens with one attached hydrogen (secondary N) is 1. The minimum atomic E-state index is -0.858. The molecule has 0 unspecified atom stereocenters. The predicted octanol–water partition coefficient (Wildman–Crippen LogP) is 0.283. The van der Waals surface area contributed by atoms with E-state index in [1.807, 2.05) is 13.8 Å². The summed E-state index contributed by atoms with van der Waals surface area (Å²) in [6.07, 6.45) is 2.61. The van der Waals surface area contributed by atoms with Gasteiger partial charge in [-0.1, -0.05) is 13.8 Å². The summed E-state index contributed by atoms with van der Waals surface area (Å²) in [4.78, 5) is 11.9. The summed E-state index contributed by atoms with van der Waals surface area (Å²) >= 11 is 0. The molecule has 1 amide bonds. The molecule has 0 radical (unpaired) electrons. The molecule has 0 aromatic carbocycles. The third-order valence-corrected chi connectivity index (χ3v) is 3.08. The van der Waals surface area contributed by atoms with Gasteiger partial charge in [0.15, 0.2) is 0 Å². The van der Waals surface area contributed by atoms with Gasteiger partial charge >= 0.3 is 0 Å². The Labute approximate surface area is 101 Å². The maximum Gasteiger partial charge on any atom is 0.271 e. The molecule has 1 aromatic heterocycles. The number of carbonyl (C=O) groups is 1. The molecule has 0 aliphatic carbocycles. The molecule has 4 N–H and O–H groups in total. The highest BCUT2D eigenvalue weighted by atomic mass is 16.3. The van der Waals surface area contributed by atoms with Gasteiger partial charge in [-0.3, -0.25) is 9.48 Å². The number of hydrogen-bond donors (Lipinski definition) is 3. The summed E-state index contributed by atoms with van der Waals surface area (Å²) in [6, 6.07) is 0. The zero-order chi connectivity index (χ0) is 13.1. The summed E-state index contributed by atoms with van der Waals surface area (Å²) in [7, 11) is 1.65. The Bertz CT molecular complexity index is 377. The van der Waals surface area contributed by atoms with Gasteiger partial charge in [-0.05, 0) is 12.8 Å². The molecule has 96 valence electrons. The first-order valence-corrected chi connectivity index (χ1v) is 5.71. The molecule has 0 atom stereocenters. The lowest BCUT2D eigenvalue weighted by Crippen LogP contribution is -2.42. The van der Waals surface area contributed by atoms with Crippen molar-refractivity contribution in [3.8, 4) is 0 Å². The van der Waals surface area contributed by atoms with Gasteiger partial charge in [0.05, 0.1) is 17.5 Å². The van der Waals surface area contributed by atoms with Gasteiger partial charge in [-0.15, -0.1) is 0 Å². The molecule has 0 spiro atoms. The lowest BCUT2D eigenvalue weighted by molar-refractivity contribution is 0.0312. The van der Waals surface area contributed by atoms with Gasteiger partial charge in [0, 0.05) is 13.6 Å². The van der Waals surface area contributed by atoms with Crippen molar-refractivity contribution in [3.63, 3.8) is 0 Å². The number of nitrogen functional groups attached to an aromatic ring is 1. The minimum Gasteiger partial charge on any atom is -0.396 e. The van der Waals surface area contributed by atoms with E-state index in [-0.39, 0.29) is 12.5 Å². The predicted molar refractivity (Wildman–Crippen MR) is 65.5 cm³/mol. The van der Waals surface area contributed by atoms with Crippen molar-refractivity contribution in [2.75, 3.05) is 12.3 Å². The monoisotopic (exact) mass is 240 g/mol. The maximum absolute atomic E-state index is 11.9. The van der Waals surface area contributed by atoms with Gasteiger partial charge in [-0.2, -0.15) is 5.10 Å². The van der Waals surface area contributed by atoms with Gasteiger partial charge < -0.3 is 16.2 Å². The van der Waals surface area contributed by atoms with Crippen LogP contribution in [0.1, 0.15) is 37.2 Å².